The molecule has 13 aromatic rings. The van der Waals surface area contributed by atoms with Crippen LogP contribution in [0.5, 0.6) is 0 Å². The van der Waals surface area contributed by atoms with E-state index in [1.807, 2.05) is 0 Å². The zero-order valence-corrected chi connectivity index (χ0v) is 66.2. The standard InChI is InChI=1S/C110H102/c1-105(2,3)91-61-53-85(54-62-91)97-98(86-55-63-92(64-56-86)106(4,5)6)100(88-59-67-94(68-60-88)108(10,11)12)104(110(75-71-80(72-76-110)78-39-23-14-24-40-78)102(90-51-35-20-36-52-90)96(83-45-29-17-30-46-83)84-47-31-18-32-48-84)103(99(97)87-57-65-93(66-58-87)107(7,8)9)109(73-69-79(70-74-109)77-37-21-13-22-38-77)101(89-49-33-19-34-50-89)95(81-41-25-15-26-42-81)82-43-27-16-28-44-82/h13-73,75H,74,76H2,1-12H3. The summed E-state index contributed by atoms with van der Waals surface area (Å²) in [5.41, 5.74) is 30.4. The van der Waals surface area contributed by atoms with Gasteiger partial charge in [0.15, 0.2) is 0 Å². The predicted octanol–water partition coefficient (Wildman–Crippen LogP) is 29.4. The normalized spacial score (nSPS) is 15.9. The molecule has 2 atom stereocenters. The number of rotatable bonds is 16. The Labute approximate surface area is 656 Å². The Morgan fingerprint density at radius 2 is 0.427 bits per heavy atom. The second-order valence-electron chi connectivity index (χ2n) is 34.3. The highest BCUT2D eigenvalue weighted by Crippen LogP contribution is 2.65. The average Bonchev–Trinajstić information content (AvgIpc) is 0.677. The van der Waals surface area contributed by atoms with E-state index < -0.39 is 10.8 Å². The molecule has 0 amide bonds. The Morgan fingerprint density at radius 3 is 0.636 bits per heavy atom. The van der Waals surface area contributed by atoms with Gasteiger partial charge in [0, 0.05) is 10.8 Å². The Morgan fingerprint density at radius 1 is 0.218 bits per heavy atom. The maximum Gasteiger partial charge on any atom is 0.0441 e. The van der Waals surface area contributed by atoms with Crippen LogP contribution < -0.4 is 0 Å². The lowest BCUT2D eigenvalue weighted by molar-refractivity contribution is 0.590. The number of hydrogen-bond donors (Lipinski definition) is 0. The van der Waals surface area contributed by atoms with Gasteiger partial charge < -0.3 is 0 Å². The minimum atomic E-state index is -1.06. The lowest BCUT2D eigenvalue weighted by Crippen LogP contribution is -2.37. The van der Waals surface area contributed by atoms with Gasteiger partial charge in [0.2, 0.25) is 0 Å². The van der Waals surface area contributed by atoms with E-state index in [1.54, 1.807) is 0 Å². The van der Waals surface area contributed by atoms with Gasteiger partial charge in [-0.1, -0.05) is 459 Å². The molecule has 0 nitrogen and oxygen atoms in total. The van der Waals surface area contributed by atoms with Crippen molar-refractivity contribution in [2.24, 2.45) is 0 Å². The Hall–Kier alpha value is -11.7. The van der Waals surface area contributed by atoms with Gasteiger partial charge in [-0.25, -0.2) is 0 Å². The summed E-state index contributed by atoms with van der Waals surface area (Å²) in [5, 5.41) is 0. The number of benzene rings is 13. The molecule has 110 heavy (non-hydrogen) atoms. The van der Waals surface area contributed by atoms with E-state index in [0.717, 1.165) is 55.6 Å². The molecule has 0 N–H and O–H groups in total. The van der Waals surface area contributed by atoms with Gasteiger partial charge in [-0.2, -0.15) is 0 Å². The lowest BCUT2D eigenvalue weighted by atomic mass is 9.54. The summed E-state index contributed by atoms with van der Waals surface area (Å²) in [6, 6.07) is 130. The fraction of sp³-hybridized carbons (Fsp3) is 0.182. The topological polar surface area (TPSA) is 0 Å². The molecule has 542 valence electrons. The quantitative estimate of drug-likeness (QED) is 0.0846. The Balaban J connectivity index is 1.33. The highest BCUT2D eigenvalue weighted by atomic mass is 14.5. The van der Waals surface area contributed by atoms with Gasteiger partial charge >= 0.3 is 0 Å². The smallest absolute Gasteiger partial charge is 0.0441 e. The summed E-state index contributed by atoms with van der Waals surface area (Å²) in [4.78, 5) is 0. The fourth-order valence-corrected chi connectivity index (χ4v) is 17.1. The van der Waals surface area contributed by atoms with E-state index in [0.29, 0.717) is 12.8 Å². The molecule has 2 aliphatic carbocycles. The van der Waals surface area contributed by atoms with Crippen molar-refractivity contribution in [2.75, 3.05) is 0 Å². The van der Waals surface area contributed by atoms with Crippen molar-refractivity contribution in [3.05, 3.63) is 454 Å². The van der Waals surface area contributed by atoms with Crippen molar-refractivity contribution in [3.8, 4) is 44.5 Å². The first-order valence-corrected chi connectivity index (χ1v) is 39.5. The number of allylic oxidation sites excluding steroid dienone is 10. The van der Waals surface area contributed by atoms with Gasteiger partial charge in [0.25, 0.3) is 0 Å². The molecule has 15 rings (SSSR count). The third-order valence-electron chi connectivity index (χ3n) is 22.9. The SMILES string of the molecule is CC(C)(C)c1ccc(-c2c(-c3ccc(C(C)(C)C)cc3)c(-c3ccc(C(C)(C)C)cc3)c(C3(C(=C(c4ccccc4)c4ccccc4)c4ccccc4)C=CC(c4ccccc4)=CC3)c(C3(C(=C(c4ccccc4)c4ccccc4)c4ccccc4)C=CC(c4ccccc4)=CC3)c2-c2ccc(C(C)(C)C)cc2)cc1. The molecule has 0 radical (unpaired) electrons. The minimum Gasteiger partial charge on any atom is -0.0751 e. The molecule has 0 fully saturated rings. The van der Waals surface area contributed by atoms with E-state index in [-0.39, 0.29) is 21.7 Å². The maximum absolute atomic E-state index is 2.69. The largest absolute Gasteiger partial charge is 0.0751 e. The highest BCUT2D eigenvalue weighted by Gasteiger charge is 2.51. The van der Waals surface area contributed by atoms with E-state index in [1.165, 1.54) is 100 Å². The molecule has 0 heterocycles. The van der Waals surface area contributed by atoms with Crippen LogP contribution in [-0.4, -0.2) is 0 Å². The predicted molar refractivity (Wildman–Crippen MR) is 473 cm³/mol. The lowest BCUT2D eigenvalue weighted by Gasteiger charge is -2.48. The van der Waals surface area contributed by atoms with Crippen molar-refractivity contribution >= 4 is 33.4 Å². The minimum absolute atomic E-state index is 0.133. The van der Waals surface area contributed by atoms with E-state index >= 15 is 0 Å². The van der Waals surface area contributed by atoms with E-state index in [2.05, 4.69) is 459 Å². The first-order valence-electron chi connectivity index (χ1n) is 39.5. The molecule has 0 aromatic heterocycles. The maximum atomic E-state index is 2.69. The van der Waals surface area contributed by atoms with Crippen LogP contribution in [0.2, 0.25) is 0 Å². The molecule has 0 bridgehead atoms. The van der Waals surface area contributed by atoms with Crippen molar-refractivity contribution < 1.29 is 0 Å². The van der Waals surface area contributed by atoms with E-state index in [4.69, 9.17) is 0 Å². The molecule has 0 heteroatoms. The van der Waals surface area contributed by atoms with Crippen LogP contribution in [0, 0.1) is 0 Å². The van der Waals surface area contributed by atoms with Gasteiger partial charge in [-0.15, -0.1) is 0 Å². The monoisotopic (exact) mass is 1420 g/mol. The first-order chi connectivity index (χ1) is 53.1. The third-order valence-corrected chi connectivity index (χ3v) is 22.9. The van der Waals surface area contributed by atoms with Crippen molar-refractivity contribution in [1.29, 1.82) is 0 Å². The van der Waals surface area contributed by atoms with Crippen LogP contribution >= 0.6 is 0 Å². The van der Waals surface area contributed by atoms with Crippen molar-refractivity contribution in [1.82, 2.24) is 0 Å². The summed E-state index contributed by atoms with van der Waals surface area (Å²) < 4.78 is 0. The summed E-state index contributed by atoms with van der Waals surface area (Å²) in [6.45, 7) is 28.1. The molecular weight excluding hydrogens is 1320 g/mol. The summed E-state index contributed by atoms with van der Waals surface area (Å²) in [5.74, 6) is 0. The van der Waals surface area contributed by atoms with Gasteiger partial charge in [0.1, 0.15) is 0 Å². The zero-order chi connectivity index (χ0) is 76.4. The number of hydrogen-bond acceptors (Lipinski definition) is 0. The van der Waals surface area contributed by atoms with Gasteiger partial charge in [-0.05, 0) is 190 Å². The van der Waals surface area contributed by atoms with Gasteiger partial charge in [0.05, 0.1) is 0 Å². The van der Waals surface area contributed by atoms with Crippen LogP contribution in [0.4, 0.5) is 0 Å². The zero-order valence-electron chi connectivity index (χ0n) is 66.2. The van der Waals surface area contributed by atoms with Crippen molar-refractivity contribution in [3.63, 3.8) is 0 Å². The molecule has 0 spiro atoms. The van der Waals surface area contributed by atoms with Crippen molar-refractivity contribution in [2.45, 2.75) is 128 Å². The van der Waals surface area contributed by atoms with E-state index in [9.17, 15) is 0 Å². The highest BCUT2D eigenvalue weighted by molar-refractivity contribution is 6.13. The average molecular weight is 1420 g/mol. The van der Waals surface area contributed by atoms with Crippen LogP contribution in [0.25, 0.3) is 77.9 Å². The molecule has 2 unspecified atom stereocenters. The first kappa shape index (κ1) is 73.8. The van der Waals surface area contributed by atoms with Gasteiger partial charge in [-0.3, -0.25) is 0 Å². The fourth-order valence-electron chi connectivity index (χ4n) is 17.1. The molecule has 0 saturated heterocycles. The van der Waals surface area contributed by atoms with Crippen LogP contribution in [0.15, 0.2) is 376 Å². The van der Waals surface area contributed by atoms with Crippen LogP contribution in [0.1, 0.15) is 174 Å². The molecule has 0 aliphatic heterocycles. The molecule has 2 aliphatic rings. The Kier molecular flexibility index (Phi) is 20.4. The summed E-state index contributed by atoms with van der Waals surface area (Å²) >= 11 is 0. The molecular formula is C110H102. The molecule has 13 aromatic carbocycles. The third kappa shape index (κ3) is 14.7. The second-order valence-corrected chi connectivity index (χ2v) is 34.3. The van der Waals surface area contributed by atoms with Crippen LogP contribution in [0.3, 0.4) is 0 Å². The second kappa shape index (κ2) is 30.4. The molecule has 0 saturated carbocycles. The van der Waals surface area contributed by atoms with Crippen LogP contribution in [-0.2, 0) is 32.5 Å². The summed E-state index contributed by atoms with van der Waals surface area (Å²) in [6.07, 6.45) is 16.7. The Bertz CT molecular complexity index is 5150. The summed E-state index contributed by atoms with van der Waals surface area (Å²) in [7, 11) is 0.